The number of benzene rings is 1. The summed E-state index contributed by atoms with van der Waals surface area (Å²) in [5.41, 5.74) is 1.06. The van der Waals surface area contributed by atoms with Crippen molar-refractivity contribution in [2.45, 2.75) is 44.7 Å². The molecule has 0 aromatic heterocycles. The quantitative estimate of drug-likeness (QED) is 0.920. The minimum absolute atomic E-state index is 0.162. The maximum atomic E-state index is 13.7. The van der Waals surface area contributed by atoms with E-state index in [1.54, 1.807) is 12.1 Å². The first-order valence-electron chi connectivity index (χ1n) is 7.44. The molecule has 0 radical (unpaired) electrons. The van der Waals surface area contributed by atoms with Gasteiger partial charge in [0.25, 0.3) is 5.91 Å². The third-order valence-corrected chi connectivity index (χ3v) is 4.29. The number of carbonyl (C=O) groups excluding carboxylic acids is 1. The highest BCUT2D eigenvalue weighted by Gasteiger charge is 2.32. The van der Waals surface area contributed by atoms with Gasteiger partial charge in [0.15, 0.2) is 0 Å². The number of nitrogens with zero attached hydrogens (tertiary/aromatic N) is 1. The smallest absolute Gasteiger partial charge is 0.254 e. The monoisotopic (exact) mass is 276 g/mol. The zero-order valence-corrected chi connectivity index (χ0v) is 11.9. The Morgan fingerprint density at radius 3 is 2.60 bits per heavy atom. The van der Waals surface area contributed by atoms with Gasteiger partial charge in [0.05, 0.1) is 5.56 Å². The van der Waals surface area contributed by atoms with E-state index in [0.29, 0.717) is 0 Å². The van der Waals surface area contributed by atoms with Crippen molar-refractivity contribution < 1.29 is 9.18 Å². The van der Waals surface area contributed by atoms with E-state index in [1.807, 2.05) is 6.92 Å². The first-order valence-corrected chi connectivity index (χ1v) is 7.44. The first-order chi connectivity index (χ1) is 9.63. The van der Waals surface area contributed by atoms with Gasteiger partial charge in [0.1, 0.15) is 5.82 Å². The van der Waals surface area contributed by atoms with Crippen LogP contribution in [0.5, 0.6) is 0 Å². The highest BCUT2D eigenvalue weighted by atomic mass is 19.1. The second-order valence-corrected chi connectivity index (χ2v) is 6.00. The van der Waals surface area contributed by atoms with Crippen molar-refractivity contribution in [3.05, 3.63) is 35.1 Å². The second kappa shape index (κ2) is 5.52. The van der Waals surface area contributed by atoms with Crippen molar-refractivity contribution in [3.63, 3.8) is 0 Å². The van der Waals surface area contributed by atoms with Crippen molar-refractivity contribution in [1.29, 1.82) is 0 Å². The van der Waals surface area contributed by atoms with Gasteiger partial charge in [-0.05, 0) is 44.7 Å². The Balaban J connectivity index is 1.57. The van der Waals surface area contributed by atoms with Crippen LogP contribution in [0.4, 0.5) is 4.39 Å². The number of carbonyl (C=O) groups is 1. The summed E-state index contributed by atoms with van der Waals surface area (Å²) >= 11 is 0. The molecule has 3 rings (SSSR count). The summed E-state index contributed by atoms with van der Waals surface area (Å²) in [6.07, 6.45) is 4.59. The molecule has 2 fully saturated rings. The molecule has 0 bridgehead atoms. The summed E-state index contributed by atoms with van der Waals surface area (Å²) in [6, 6.07) is 5.63. The van der Waals surface area contributed by atoms with Crippen LogP contribution in [-0.2, 0) is 0 Å². The molecule has 0 spiro atoms. The summed E-state index contributed by atoms with van der Waals surface area (Å²) in [4.78, 5) is 14.7. The number of rotatable bonds is 3. The fourth-order valence-electron chi connectivity index (χ4n) is 2.92. The van der Waals surface area contributed by atoms with Crippen LogP contribution in [0, 0.1) is 12.7 Å². The Bertz CT molecular complexity index is 505. The largest absolute Gasteiger partial charge is 0.349 e. The lowest BCUT2D eigenvalue weighted by Gasteiger charge is -2.32. The molecule has 20 heavy (non-hydrogen) atoms. The molecule has 108 valence electrons. The molecule has 1 aliphatic heterocycles. The van der Waals surface area contributed by atoms with Crippen LogP contribution in [0.3, 0.4) is 0 Å². The van der Waals surface area contributed by atoms with Crippen LogP contribution in [-0.4, -0.2) is 36.0 Å². The van der Waals surface area contributed by atoms with E-state index < -0.39 is 5.82 Å². The highest BCUT2D eigenvalue weighted by Crippen LogP contribution is 2.29. The Hall–Kier alpha value is -1.42. The number of hydrogen-bond acceptors (Lipinski definition) is 2. The molecule has 0 unspecified atom stereocenters. The third-order valence-electron chi connectivity index (χ3n) is 4.29. The zero-order valence-electron chi connectivity index (χ0n) is 11.9. The van der Waals surface area contributed by atoms with Gasteiger partial charge in [0, 0.05) is 25.2 Å². The molecule has 1 aromatic carbocycles. The number of nitrogens with one attached hydrogen (secondary N) is 1. The molecular formula is C16H21FN2O. The van der Waals surface area contributed by atoms with E-state index in [9.17, 15) is 9.18 Å². The Morgan fingerprint density at radius 1 is 1.25 bits per heavy atom. The van der Waals surface area contributed by atoms with Gasteiger partial charge in [-0.15, -0.1) is 0 Å². The number of halogens is 1. The van der Waals surface area contributed by atoms with Crippen LogP contribution >= 0.6 is 0 Å². The molecule has 4 heteroatoms. The molecule has 3 nitrogen and oxygen atoms in total. The maximum absolute atomic E-state index is 13.7. The van der Waals surface area contributed by atoms with E-state index >= 15 is 0 Å². The van der Waals surface area contributed by atoms with E-state index in [0.717, 1.165) is 37.5 Å². The van der Waals surface area contributed by atoms with Crippen LogP contribution in [0.2, 0.25) is 0 Å². The summed E-state index contributed by atoms with van der Waals surface area (Å²) in [5, 5.41) is 2.98. The fourth-order valence-corrected chi connectivity index (χ4v) is 2.92. The van der Waals surface area contributed by atoms with Gasteiger partial charge < -0.3 is 10.2 Å². The fraction of sp³-hybridized carbons (Fsp3) is 0.562. The number of aryl methyl sites for hydroxylation is 1. The lowest BCUT2D eigenvalue weighted by molar-refractivity contribution is 0.0905. The van der Waals surface area contributed by atoms with Crippen molar-refractivity contribution in [2.75, 3.05) is 13.1 Å². The molecule has 2 aliphatic rings. The lowest BCUT2D eigenvalue weighted by atomic mass is 10.0. The average Bonchev–Trinajstić information content (AvgIpc) is 3.27. The molecule has 1 saturated heterocycles. The standard InChI is InChI=1S/C16H21FN2O/c1-11-2-5-15(17)14(10-11)16(20)18-12-6-8-19(9-7-12)13-3-4-13/h2,5,10,12-13H,3-4,6-9H2,1H3,(H,18,20). The SMILES string of the molecule is Cc1ccc(F)c(C(=O)NC2CCN(C3CC3)CC2)c1. The number of likely N-dealkylation sites (tertiary alicyclic amines) is 1. The Kier molecular flexibility index (Phi) is 3.74. The number of hydrogen-bond donors (Lipinski definition) is 1. The van der Waals surface area contributed by atoms with Crippen LogP contribution < -0.4 is 5.32 Å². The molecule has 1 heterocycles. The van der Waals surface area contributed by atoms with Gasteiger partial charge in [-0.1, -0.05) is 11.6 Å². The predicted molar refractivity (Wildman–Crippen MR) is 76.2 cm³/mol. The topological polar surface area (TPSA) is 32.3 Å². The third kappa shape index (κ3) is 3.01. The molecular weight excluding hydrogens is 255 g/mol. The summed E-state index contributed by atoms with van der Waals surface area (Å²) in [6.45, 7) is 3.96. The van der Waals surface area contributed by atoms with Crippen LogP contribution in [0.1, 0.15) is 41.6 Å². The zero-order chi connectivity index (χ0) is 14.1. The summed E-state index contributed by atoms with van der Waals surface area (Å²) < 4.78 is 13.7. The van der Waals surface area contributed by atoms with Crippen molar-refractivity contribution in [3.8, 4) is 0 Å². The second-order valence-electron chi connectivity index (χ2n) is 6.00. The minimum Gasteiger partial charge on any atom is -0.349 e. The van der Waals surface area contributed by atoms with E-state index in [1.165, 1.54) is 18.9 Å². The van der Waals surface area contributed by atoms with Crippen molar-refractivity contribution in [2.24, 2.45) is 0 Å². The van der Waals surface area contributed by atoms with Gasteiger partial charge in [-0.25, -0.2) is 4.39 Å². The Labute approximate surface area is 119 Å². The van der Waals surface area contributed by atoms with Crippen molar-refractivity contribution in [1.82, 2.24) is 10.2 Å². The normalized spacial score (nSPS) is 20.9. The average molecular weight is 276 g/mol. The molecule has 1 saturated carbocycles. The molecule has 0 atom stereocenters. The van der Waals surface area contributed by atoms with Gasteiger partial charge in [-0.3, -0.25) is 4.79 Å². The van der Waals surface area contributed by atoms with Crippen molar-refractivity contribution >= 4 is 5.91 Å². The molecule has 1 aromatic rings. The summed E-state index contributed by atoms with van der Waals surface area (Å²) in [5.74, 6) is -0.723. The highest BCUT2D eigenvalue weighted by molar-refractivity contribution is 5.94. The van der Waals surface area contributed by atoms with E-state index in [4.69, 9.17) is 0 Å². The molecule has 1 amide bonds. The van der Waals surface area contributed by atoms with Gasteiger partial charge in [0.2, 0.25) is 0 Å². The van der Waals surface area contributed by atoms with Gasteiger partial charge in [-0.2, -0.15) is 0 Å². The minimum atomic E-state index is -0.441. The van der Waals surface area contributed by atoms with Crippen LogP contribution in [0.25, 0.3) is 0 Å². The van der Waals surface area contributed by atoms with Crippen LogP contribution in [0.15, 0.2) is 18.2 Å². The van der Waals surface area contributed by atoms with E-state index in [2.05, 4.69) is 10.2 Å². The van der Waals surface area contributed by atoms with Gasteiger partial charge >= 0.3 is 0 Å². The summed E-state index contributed by atoms with van der Waals surface area (Å²) in [7, 11) is 0. The number of amides is 1. The number of piperidine rings is 1. The maximum Gasteiger partial charge on any atom is 0.254 e. The predicted octanol–water partition coefficient (Wildman–Crippen LogP) is 2.49. The van der Waals surface area contributed by atoms with E-state index in [-0.39, 0.29) is 17.5 Å². The first kappa shape index (κ1) is 13.6. The lowest BCUT2D eigenvalue weighted by Crippen LogP contribution is -2.45. The molecule has 1 N–H and O–H groups in total. The molecule has 1 aliphatic carbocycles. The Morgan fingerprint density at radius 2 is 1.95 bits per heavy atom.